The summed E-state index contributed by atoms with van der Waals surface area (Å²) in [5.41, 5.74) is 0.859. The molecular formula is C16H16ClN5OS. The van der Waals surface area contributed by atoms with Gasteiger partial charge in [0.05, 0.1) is 17.8 Å². The Bertz CT molecular complexity index is 750. The van der Waals surface area contributed by atoms with Gasteiger partial charge in [0, 0.05) is 42.8 Å². The van der Waals surface area contributed by atoms with E-state index < -0.39 is 0 Å². The minimum absolute atomic E-state index is 0.142. The quantitative estimate of drug-likeness (QED) is 0.905. The number of aromatic nitrogens is 1. The van der Waals surface area contributed by atoms with Crippen molar-refractivity contribution in [2.45, 2.75) is 0 Å². The number of hydrogen-bond donors (Lipinski definition) is 1. The second-order valence-corrected chi connectivity index (χ2v) is 6.74. The zero-order chi connectivity index (χ0) is 16.9. The highest BCUT2D eigenvalue weighted by Crippen LogP contribution is 2.21. The molecule has 8 heteroatoms. The third-order valence-corrected chi connectivity index (χ3v) is 4.87. The molecule has 0 spiro atoms. The molecule has 0 saturated carbocycles. The summed E-state index contributed by atoms with van der Waals surface area (Å²) in [7, 11) is 0. The van der Waals surface area contributed by atoms with Gasteiger partial charge in [-0.1, -0.05) is 11.6 Å². The lowest BCUT2D eigenvalue weighted by molar-refractivity contribution is -0.117. The van der Waals surface area contributed by atoms with Crippen molar-refractivity contribution in [1.29, 1.82) is 5.26 Å². The Morgan fingerprint density at radius 1 is 1.38 bits per heavy atom. The maximum Gasteiger partial charge on any atom is 0.238 e. The van der Waals surface area contributed by atoms with Crippen LogP contribution in [0, 0.1) is 11.3 Å². The Balaban J connectivity index is 1.53. The van der Waals surface area contributed by atoms with Gasteiger partial charge in [0.15, 0.2) is 5.13 Å². The Labute approximate surface area is 149 Å². The van der Waals surface area contributed by atoms with E-state index in [2.05, 4.69) is 26.2 Å². The topological polar surface area (TPSA) is 72.3 Å². The van der Waals surface area contributed by atoms with Crippen LogP contribution in [-0.4, -0.2) is 48.5 Å². The first-order valence-corrected chi connectivity index (χ1v) is 8.78. The van der Waals surface area contributed by atoms with E-state index in [0.717, 1.165) is 31.3 Å². The maximum atomic E-state index is 12.2. The molecule has 1 aliphatic heterocycles. The summed E-state index contributed by atoms with van der Waals surface area (Å²) in [4.78, 5) is 20.9. The monoisotopic (exact) mass is 361 g/mol. The highest BCUT2D eigenvalue weighted by Gasteiger charge is 2.20. The van der Waals surface area contributed by atoms with Gasteiger partial charge in [0.2, 0.25) is 5.91 Å². The highest BCUT2D eigenvalue weighted by molar-refractivity contribution is 7.13. The van der Waals surface area contributed by atoms with Gasteiger partial charge in [-0.3, -0.25) is 9.69 Å². The number of anilines is 2. The molecule has 3 rings (SSSR count). The van der Waals surface area contributed by atoms with Crippen molar-refractivity contribution in [3.05, 3.63) is 40.4 Å². The van der Waals surface area contributed by atoms with E-state index in [-0.39, 0.29) is 5.91 Å². The van der Waals surface area contributed by atoms with Gasteiger partial charge in [0.1, 0.15) is 6.07 Å². The molecule has 24 heavy (non-hydrogen) atoms. The molecule has 2 aromatic rings. The number of halogens is 1. The summed E-state index contributed by atoms with van der Waals surface area (Å²) >= 11 is 7.56. The largest absolute Gasteiger partial charge is 0.346 e. The van der Waals surface area contributed by atoms with Gasteiger partial charge in [-0.15, -0.1) is 11.3 Å². The van der Waals surface area contributed by atoms with E-state index in [1.165, 1.54) is 0 Å². The molecule has 0 radical (unpaired) electrons. The molecule has 0 bridgehead atoms. The molecule has 1 fully saturated rings. The summed E-state index contributed by atoms with van der Waals surface area (Å²) in [6.07, 6.45) is 1.80. The van der Waals surface area contributed by atoms with Gasteiger partial charge < -0.3 is 10.2 Å². The number of piperazine rings is 1. The predicted molar refractivity (Wildman–Crippen MR) is 95.6 cm³/mol. The molecule has 2 heterocycles. The number of amides is 1. The van der Waals surface area contributed by atoms with Crippen LogP contribution in [0.15, 0.2) is 29.8 Å². The zero-order valence-electron chi connectivity index (χ0n) is 12.9. The molecular weight excluding hydrogens is 346 g/mol. The average Bonchev–Trinajstić information content (AvgIpc) is 3.10. The Kier molecular flexibility index (Phi) is 5.30. The Morgan fingerprint density at radius 2 is 2.17 bits per heavy atom. The molecule has 6 nitrogen and oxygen atoms in total. The normalized spacial score (nSPS) is 15.1. The van der Waals surface area contributed by atoms with Crippen LogP contribution < -0.4 is 10.2 Å². The van der Waals surface area contributed by atoms with Crippen LogP contribution in [0.5, 0.6) is 0 Å². The first kappa shape index (κ1) is 16.7. The Morgan fingerprint density at radius 3 is 2.83 bits per heavy atom. The van der Waals surface area contributed by atoms with E-state index >= 15 is 0 Å². The van der Waals surface area contributed by atoms with Crippen LogP contribution in [-0.2, 0) is 4.79 Å². The minimum atomic E-state index is -0.142. The molecule has 0 aliphatic carbocycles. The number of nitriles is 1. The molecule has 1 N–H and O–H groups in total. The lowest BCUT2D eigenvalue weighted by Gasteiger charge is -2.34. The fourth-order valence-corrected chi connectivity index (χ4v) is 3.45. The first-order chi connectivity index (χ1) is 11.7. The number of nitrogens with zero attached hydrogens (tertiary/aromatic N) is 4. The van der Waals surface area contributed by atoms with E-state index in [4.69, 9.17) is 16.9 Å². The summed E-state index contributed by atoms with van der Waals surface area (Å²) in [5, 5.41) is 15.4. The van der Waals surface area contributed by atoms with Crippen molar-refractivity contribution in [1.82, 2.24) is 9.88 Å². The van der Waals surface area contributed by atoms with E-state index in [0.29, 0.717) is 22.8 Å². The third-order valence-electron chi connectivity index (χ3n) is 3.81. The molecule has 124 valence electrons. The first-order valence-electron chi connectivity index (χ1n) is 7.52. The van der Waals surface area contributed by atoms with E-state index in [1.54, 1.807) is 35.7 Å². The van der Waals surface area contributed by atoms with Crippen LogP contribution in [0.1, 0.15) is 5.56 Å². The number of rotatable bonds is 4. The van der Waals surface area contributed by atoms with Crippen molar-refractivity contribution in [3.63, 3.8) is 0 Å². The van der Waals surface area contributed by atoms with Crippen molar-refractivity contribution in [2.24, 2.45) is 0 Å². The fourth-order valence-electron chi connectivity index (χ4n) is 2.58. The van der Waals surface area contributed by atoms with Gasteiger partial charge >= 0.3 is 0 Å². The zero-order valence-corrected chi connectivity index (χ0v) is 14.5. The van der Waals surface area contributed by atoms with Gasteiger partial charge in [-0.25, -0.2) is 4.98 Å². The molecule has 0 atom stereocenters. The highest BCUT2D eigenvalue weighted by atomic mass is 35.5. The predicted octanol–water partition coefficient (Wildman–Crippen LogP) is 2.43. The Hall–Kier alpha value is -2.14. The van der Waals surface area contributed by atoms with Crippen LogP contribution in [0.25, 0.3) is 0 Å². The third kappa shape index (κ3) is 4.03. The lowest BCUT2D eigenvalue weighted by atomic mass is 10.2. The van der Waals surface area contributed by atoms with Crippen molar-refractivity contribution >= 4 is 39.7 Å². The van der Waals surface area contributed by atoms with Crippen LogP contribution in [0.2, 0.25) is 5.02 Å². The van der Waals surface area contributed by atoms with E-state index in [1.807, 2.05) is 5.38 Å². The number of carbonyl (C=O) groups excluding carboxylic acids is 1. The maximum absolute atomic E-state index is 12.2. The second-order valence-electron chi connectivity index (χ2n) is 5.43. The van der Waals surface area contributed by atoms with E-state index in [9.17, 15) is 4.79 Å². The van der Waals surface area contributed by atoms with Gasteiger partial charge in [0.25, 0.3) is 0 Å². The summed E-state index contributed by atoms with van der Waals surface area (Å²) in [6.45, 7) is 3.59. The minimum Gasteiger partial charge on any atom is -0.346 e. The summed E-state index contributed by atoms with van der Waals surface area (Å²) in [5.74, 6) is -0.142. The lowest BCUT2D eigenvalue weighted by Crippen LogP contribution is -2.48. The average molecular weight is 362 g/mol. The molecule has 0 unspecified atom stereocenters. The van der Waals surface area contributed by atoms with Gasteiger partial charge in [-0.2, -0.15) is 5.26 Å². The van der Waals surface area contributed by atoms with Crippen LogP contribution in [0.4, 0.5) is 10.8 Å². The molecule has 1 aliphatic rings. The number of benzene rings is 1. The molecule has 1 saturated heterocycles. The van der Waals surface area contributed by atoms with Crippen LogP contribution in [0.3, 0.4) is 0 Å². The number of thiazole rings is 1. The SMILES string of the molecule is N#Cc1ccc(Cl)cc1NC(=O)CN1CCN(c2nccs2)CC1. The van der Waals surface area contributed by atoms with Crippen LogP contribution >= 0.6 is 22.9 Å². The fraction of sp³-hybridized carbons (Fsp3) is 0.312. The number of hydrogen-bond acceptors (Lipinski definition) is 6. The summed E-state index contributed by atoms with van der Waals surface area (Å²) < 4.78 is 0. The summed E-state index contributed by atoms with van der Waals surface area (Å²) in [6, 6.07) is 6.88. The molecule has 1 aromatic carbocycles. The van der Waals surface area contributed by atoms with Crippen molar-refractivity contribution in [2.75, 3.05) is 42.9 Å². The van der Waals surface area contributed by atoms with Gasteiger partial charge in [-0.05, 0) is 18.2 Å². The standard InChI is InChI=1S/C16H16ClN5OS/c17-13-2-1-12(10-18)14(9-13)20-15(23)11-21-4-6-22(7-5-21)16-19-3-8-24-16/h1-3,8-9H,4-7,11H2,(H,20,23). The second kappa shape index (κ2) is 7.62. The molecule has 1 amide bonds. The van der Waals surface area contributed by atoms with Crippen molar-refractivity contribution in [3.8, 4) is 6.07 Å². The number of carbonyl (C=O) groups is 1. The van der Waals surface area contributed by atoms with Crippen molar-refractivity contribution < 1.29 is 4.79 Å². The smallest absolute Gasteiger partial charge is 0.238 e. The molecule has 1 aromatic heterocycles. The number of nitrogens with one attached hydrogen (secondary N) is 1.